The van der Waals surface area contributed by atoms with Gasteiger partial charge in [-0.2, -0.15) is 13.2 Å². The zero-order valence-corrected chi connectivity index (χ0v) is 19.1. The number of aromatic nitrogens is 1. The number of hydrogen-bond acceptors (Lipinski definition) is 4. The molecule has 4 rings (SSSR count). The van der Waals surface area contributed by atoms with Gasteiger partial charge in [0.1, 0.15) is 5.16 Å². The Labute approximate surface area is 201 Å². The van der Waals surface area contributed by atoms with E-state index >= 15 is 0 Å². The number of benzene rings is 1. The molecule has 1 aliphatic heterocycles. The summed E-state index contributed by atoms with van der Waals surface area (Å²) in [6, 6.07) is 11.9. The van der Waals surface area contributed by atoms with Gasteiger partial charge in [0.25, 0.3) is 0 Å². The summed E-state index contributed by atoms with van der Waals surface area (Å²) < 4.78 is 39.3. The van der Waals surface area contributed by atoms with Crippen LogP contribution in [0, 0.1) is 11.8 Å². The molecule has 0 amide bonds. The van der Waals surface area contributed by atoms with Gasteiger partial charge in [-0.1, -0.05) is 48.0 Å². The Kier molecular flexibility index (Phi) is 7.54. The van der Waals surface area contributed by atoms with E-state index in [4.69, 9.17) is 11.6 Å². The Hall–Kier alpha value is -2.90. The SMILES string of the molecule is O=C(C1CCC(NCc2ccc(-c3ccncc3)cc2)C(C2=CC=CC=C(Cl)N2)C1)C(F)(F)F. The summed E-state index contributed by atoms with van der Waals surface area (Å²) in [6.45, 7) is 0.558. The molecule has 178 valence electrons. The molecule has 2 N–H and O–H groups in total. The van der Waals surface area contributed by atoms with E-state index in [0.29, 0.717) is 23.8 Å². The molecular formula is C26H25ClF3N3O. The van der Waals surface area contributed by atoms with E-state index < -0.39 is 17.9 Å². The van der Waals surface area contributed by atoms with Gasteiger partial charge in [0.15, 0.2) is 0 Å². The maximum Gasteiger partial charge on any atom is 0.450 e. The van der Waals surface area contributed by atoms with Gasteiger partial charge < -0.3 is 10.6 Å². The molecule has 1 aromatic carbocycles. The quantitative estimate of drug-likeness (QED) is 0.500. The molecule has 0 saturated heterocycles. The second kappa shape index (κ2) is 10.6. The van der Waals surface area contributed by atoms with Gasteiger partial charge in [0, 0.05) is 42.5 Å². The number of carbonyl (C=O) groups excluding carboxylic acids is 1. The van der Waals surface area contributed by atoms with E-state index in [2.05, 4.69) is 15.6 Å². The standard InChI is InChI=1S/C26H25ClF3N3O/c27-24-4-2-1-3-23(33-24)21-15-20(25(34)26(28,29)30)9-10-22(21)32-16-17-5-7-18(8-6-17)19-11-13-31-14-12-19/h1-8,11-14,20-22,32-33H,9-10,15-16H2. The third-order valence-electron chi connectivity index (χ3n) is 6.33. The minimum Gasteiger partial charge on any atom is -0.349 e. The minimum atomic E-state index is -4.82. The van der Waals surface area contributed by atoms with Crippen LogP contribution in [0.5, 0.6) is 0 Å². The monoisotopic (exact) mass is 487 g/mol. The summed E-state index contributed by atoms with van der Waals surface area (Å²) in [7, 11) is 0. The number of halogens is 4. The van der Waals surface area contributed by atoms with Gasteiger partial charge in [-0.15, -0.1) is 0 Å². The molecule has 2 aliphatic rings. The number of pyridine rings is 1. The maximum atomic E-state index is 13.1. The molecule has 2 aromatic rings. The summed E-state index contributed by atoms with van der Waals surface area (Å²) in [5, 5.41) is 6.98. The third kappa shape index (κ3) is 5.96. The maximum absolute atomic E-state index is 13.1. The second-order valence-corrected chi connectivity index (χ2v) is 8.95. The van der Waals surface area contributed by atoms with E-state index in [-0.39, 0.29) is 24.8 Å². The van der Waals surface area contributed by atoms with Crippen LogP contribution >= 0.6 is 11.6 Å². The van der Waals surface area contributed by atoms with Crippen molar-refractivity contribution in [3.63, 3.8) is 0 Å². The topological polar surface area (TPSA) is 54.0 Å². The fourth-order valence-corrected chi connectivity index (χ4v) is 4.76. The van der Waals surface area contributed by atoms with Crippen LogP contribution in [0.2, 0.25) is 0 Å². The highest BCUT2D eigenvalue weighted by Crippen LogP contribution is 2.38. The Morgan fingerprint density at radius 2 is 1.71 bits per heavy atom. The fourth-order valence-electron chi connectivity index (χ4n) is 4.57. The lowest BCUT2D eigenvalue weighted by Gasteiger charge is -2.38. The van der Waals surface area contributed by atoms with Crippen molar-refractivity contribution < 1.29 is 18.0 Å². The number of alkyl halides is 3. The average Bonchev–Trinajstić information content (AvgIpc) is 3.07. The van der Waals surface area contributed by atoms with E-state index in [1.807, 2.05) is 42.5 Å². The van der Waals surface area contributed by atoms with Gasteiger partial charge in [0.05, 0.1) is 0 Å². The van der Waals surface area contributed by atoms with Crippen LogP contribution in [0.3, 0.4) is 0 Å². The molecule has 3 unspecified atom stereocenters. The molecule has 1 fully saturated rings. The number of nitrogens with zero attached hydrogens (tertiary/aromatic N) is 1. The van der Waals surface area contributed by atoms with Gasteiger partial charge in [-0.3, -0.25) is 9.78 Å². The first-order chi connectivity index (χ1) is 16.3. The van der Waals surface area contributed by atoms with Crippen molar-refractivity contribution in [2.75, 3.05) is 0 Å². The Bertz CT molecular complexity index is 1090. The van der Waals surface area contributed by atoms with E-state index in [9.17, 15) is 18.0 Å². The van der Waals surface area contributed by atoms with E-state index in [1.165, 1.54) is 0 Å². The first-order valence-electron chi connectivity index (χ1n) is 11.2. The van der Waals surface area contributed by atoms with E-state index in [1.54, 1.807) is 30.6 Å². The zero-order chi connectivity index (χ0) is 24.1. The number of ketones is 1. The Morgan fingerprint density at radius 1 is 1.03 bits per heavy atom. The van der Waals surface area contributed by atoms with Crippen LogP contribution in [0.15, 0.2) is 83.9 Å². The highest BCUT2D eigenvalue weighted by atomic mass is 35.5. The molecule has 3 atom stereocenters. The Balaban J connectivity index is 1.48. The second-order valence-electron chi connectivity index (χ2n) is 8.55. The normalized spacial score (nSPS) is 22.9. The summed E-state index contributed by atoms with van der Waals surface area (Å²) in [5.41, 5.74) is 3.92. The molecule has 2 heterocycles. The van der Waals surface area contributed by atoms with E-state index in [0.717, 1.165) is 16.7 Å². The number of allylic oxidation sites excluding steroid dienone is 4. The van der Waals surface area contributed by atoms with Crippen LogP contribution in [-0.2, 0) is 11.3 Å². The van der Waals surface area contributed by atoms with Crippen molar-refractivity contribution >= 4 is 17.4 Å². The van der Waals surface area contributed by atoms with Gasteiger partial charge in [-0.25, -0.2) is 0 Å². The number of Topliss-reactive ketones (excluding diaryl/α,β-unsaturated/α-hetero) is 1. The fraction of sp³-hybridized carbons (Fsp3) is 0.308. The largest absolute Gasteiger partial charge is 0.450 e. The minimum absolute atomic E-state index is 0.105. The predicted octanol–water partition coefficient (Wildman–Crippen LogP) is 5.88. The van der Waals surface area contributed by atoms with Gasteiger partial charge in [0.2, 0.25) is 5.78 Å². The summed E-state index contributed by atoms with van der Waals surface area (Å²) in [6.07, 6.45) is 6.47. The molecule has 0 radical (unpaired) electrons. The number of rotatable bonds is 6. The molecule has 8 heteroatoms. The van der Waals surface area contributed by atoms with Crippen molar-refractivity contribution in [1.82, 2.24) is 15.6 Å². The molecule has 1 saturated carbocycles. The van der Waals surface area contributed by atoms with Crippen LogP contribution in [0.25, 0.3) is 11.1 Å². The number of carbonyl (C=O) groups is 1. The third-order valence-corrected chi connectivity index (χ3v) is 6.55. The first kappa shape index (κ1) is 24.2. The van der Waals surface area contributed by atoms with Crippen molar-refractivity contribution in [2.45, 2.75) is 38.0 Å². The molecule has 4 nitrogen and oxygen atoms in total. The first-order valence-corrected chi connectivity index (χ1v) is 11.5. The van der Waals surface area contributed by atoms with Crippen LogP contribution in [0.4, 0.5) is 13.2 Å². The molecule has 1 aliphatic carbocycles. The van der Waals surface area contributed by atoms with Crippen molar-refractivity contribution in [3.05, 3.63) is 89.5 Å². The molecule has 1 aromatic heterocycles. The number of hydrogen-bond donors (Lipinski definition) is 2. The van der Waals surface area contributed by atoms with Crippen molar-refractivity contribution in [1.29, 1.82) is 0 Å². The van der Waals surface area contributed by atoms with Crippen LogP contribution < -0.4 is 10.6 Å². The lowest BCUT2D eigenvalue weighted by molar-refractivity contribution is -0.177. The molecule has 0 spiro atoms. The molecule has 34 heavy (non-hydrogen) atoms. The highest BCUT2D eigenvalue weighted by Gasteiger charge is 2.46. The lowest BCUT2D eigenvalue weighted by Crippen LogP contribution is -2.46. The zero-order valence-electron chi connectivity index (χ0n) is 18.4. The molecular weight excluding hydrogens is 463 g/mol. The average molecular weight is 488 g/mol. The smallest absolute Gasteiger partial charge is 0.349 e. The van der Waals surface area contributed by atoms with Crippen LogP contribution in [0.1, 0.15) is 24.8 Å². The predicted molar refractivity (Wildman–Crippen MR) is 126 cm³/mol. The van der Waals surface area contributed by atoms with Gasteiger partial charge in [-0.05, 0) is 60.2 Å². The Morgan fingerprint density at radius 3 is 2.41 bits per heavy atom. The number of nitrogens with one attached hydrogen (secondary N) is 2. The summed E-state index contributed by atoms with van der Waals surface area (Å²) >= 11 is 6.18. The highest BCUT2D eigenvalue weighted by molar-refractivity contribution is 6.29. The van der Waals surface area contributed by atoms with Crippen molar-refractivity contribution in [2.24, 2.45) is 11.8 Å². The lowest BCUT2D eigenvalue weighted by atomic mass is 9.74. The summed E-state index contributed by atoms with van der Waals surface area (Å²) in [4.78, 5) is 16.0. The molecule has 0 bridgehead atoms. The summed E-state index contributed by atoms with van der Waals surface area (Å²) in [5.74, 6) is -3.01. The van der Waals surface area contributed by atoms with Crippen LogP contribution in [-0.4, -0.2) is 23.0 Å². The van der Waals surface area contributed by atoms with Crippen molar-refractivity contribution in [3.8, 4) is 11.1 Å². The van der Waals surface area contributed by atoms with Gasteiger partial charge >= 0.3 is 6.18 Å².